The molecular formula is C16H14ClNO2. The third-order valence-corrected chi connectivity index (χ3v) is 3.66. The van der Waals surface area contributed by atoms with E-state index in [-0.39, 0.29) is 11.9 Å². The van der Waals surface area contributed by atoms with E-state index in [0.717, 1.165) is 16.9 Å². The van der Waals surface area contributed by atoms with Crippen molar-refractivity contribution >= 4 is 17.5 Å². The summed E-state index contributed by atoms with van der Waals surface area (Å²) in [7, 11) is 0. The maximum Gasteiger partial charge on any atom is 0.251 e. The summed E-state index contributed by atoms with van der Waals surface area (Å²) >= 11 is 5.79. The molecule has 1 amide bonds. The van der Waals surface area contributed by atoms with Crippen molar-refractivity contribution in [3.05, 3.63) is 65.2 Å². The number of ether oxygens (including phenoxy) is 1. The van der Waals surface area contributed by atoms with Gasteiger partial charge in [0, 0.05) is 17.0 Å². The second-order valence-electron chi connectivity index (χ2n) is 4.71. The predicted octanol–water partition coefficient (Wildman–Crippen LogP) is 3.29. The summed E-state index contributed by atoms with van der Waals surface area (Å²) in [6.45, 7) is 0.473. The van der Waals surface area contributed by atoms with Crippen LogP contribution in [-0.4, -0.2) is 12.5 Å². The van der Waals surface area contributed by atoms with Crippen LogP contribution in [0.2, 0.25) is 0 Å². The van der Waals surface area contributed by atoms with Gasteiger partial charge in [-0.1, -0.05) is 30.3 Å². The van der Waals surface area contributed by atoms with E-state index >= 15 is 0 Å². The number of hydrogen-bond donors (Lipinski definition) is 1. The zero-order valence-corrected chi connectivity index (χ0v) is 11.6. The first-order valence-corrected chi connectivity index (χ1v) is 6.99. The molecule has 102 valence electrons. The Morgan fingerprint density at radius 2 is 2.10 bits per heavy atom. The van der Waals surface area contributed by atoms with E-state index in [0.29, 0.717) is 18.1 Å². The first-order valence-electron chi connectivity index (χ1n) is 6.45. The van der Waals surface area contributed by atoms with Crippen molar-refractivity contribution in [2.24, 2.45) is 0 Å². The number of amides is 1. The van der Waals surface area contributed by atoms with Crippen molar-refractivity contribution in [3.63, 3.8) is 0 Å². The van der Waals surface area contributed by atoms with Crippen LogP contribution in [0.1, 0.15) is 27.5 Å². The van der Waals surface area contributed by atoms with Crippen molar-refractivity contribution in [3.8, 4) is 5.75 Å². The molecule has 20 heavy (non-hydrogen) atoms. The Morgan fingerprint density at radius 3 is 2.95 bits per heavy atom. The maximum atomic E-state index is 12.3. The minimum atomic E-state index is -0.109. The highest BCUT2D eigenvalue weighted by Gasteiger charge is 2.25. The maximum absolute atomic E-state index is 12.3. The van der Waals surface area contributed by atoms with Crippen LogP contribution in [0.3, 0.4) is 0 Å². The van der Waals surface area contributed by atoms with Gasteiger partial charge in [-0.2, -0.15) is 0 Å². The second kappa shape index (κ2) is 5.55. The van der Waals surface area contributed by atoms with E-state index in [1.165, 1.54) is 0 Å². The number of alkyl halides is 1. The highest BCUT2D eigenvalue weighted by atomic mass is 35.5. The van der Waals surface area contributed by atoms with E-state index < -0.39 is 0 Å². The molecule has 2 aromatic carbocycles. The average molecular weight is 288 g/mol. The fourth-order valence-corrected chi connectivity index (χ4v) is 2.49. The third-order valence-electron chi connectivity index (χ3n) is 3.35. The molecule has 1 atom stereocenters. The molecule has 1 unspecified atom stereocenters. The fourth-order valence-electron chi connectivity index (χ4n) is 2.32. The van der Waals surface area contributed by atoms with Crippen LogP contribution in [0.5, 0.6) is 5.75 Å². The Hall–Kier alpha value is -2.00. The standard InChI is InChI=1S/C16H14ClNO2/c17-9-11-4-3-5-12(8-11)16(19)18-14-10-20-15-7-2-1-6-13(14)15/h1-8,14H,9-10H2,(H,18,19). The van der Waals surface area contributed by atoms with Crippen LogP contribution in [-0.2, 0) is 5.88 Å². The molecule has 1 heterocycles. The zero-order chi connectivity index (χ0) is 13.9. The summed E-state index contributed by atoms with van der Waals surface area (Å²) in [5, 5.41) is 3.00. The molecule has 0 fully saturated rings. The highest BCUT2D eigenvalue weighted by molar-refractivity contribution is 6.17. The SMILES string of the molecule is O=C(NC1COc2ccccc21)c1cccc(CCl)c1. The monoisotopic (exact) mass is 287 g/mol. The first-order chi connectivity index (χ1) is 9.78. The lowest BCUT2D eigenvalue weighted by Gasteiger charge is -2.12. The Balaban J connectivity index is 1.77. The molecule has 1 N–H and O–H groups in total. The number of rotatable bonds is 3. The van der Waals surface area contributed by atoms with Gasteiger partial charge >= 0.3 is 0 Å². The van der Waals surface area contributed by atoms with Crippen LogP contribution < -0.4 is 10.1 Å². The minimum Gasteiger partial charge on any atom is -0.491 e. The van der Waals surface area contributed by atoms with Crippen LogP contribution in [0.4, 0.5) is 0 Å². The zero-order valence-electron chi connectivity index (χ0n) is 10.8. The number of benzene rings is 2. The van der Waals surface area contributed by atoms with Crippen LogP contribution >= 0.6 is 11.6 Å². The summed E-state index contributed by atoms with van der Waals surface area (Å²) < 4.78 is 5.56. The molecule has 0 aromatic heterocycles. The fraction of sp³-hybridized carbons (Fsp3) is 0.188. The summed E-state index contributed by atoms with van der Waals surface area (Å²) in [4.78, 5) is 12.3. The first kappa shape index (κ1) is 13.0. The summed E-state index contributed by atoms with van der Waals surface area (Å²) in [5.74, 6) is 1.13. The summed E-state index contributed by atoms with van der Waals surface area (Å²) in [6, 6.07) is 15.0. The summed E-state index contributed by atoms with van der Waals surface area (Å²) in [6.07, 6.45) is 0. The minimum absolute atomic E-state index is 0.0987. The number of halogens is 1. The van der Waals surface area contributed by atoms with Crippen molar-refractivity contribution < 1.29 is 9.53 Å². The Morgan fingerprint density at radius 1 is 1.25 bits per heavy atom. The molecule has 0 aliphatic carbocycles. The predicted molar refractivity (Wildman–Crippen MR) is 78.1 cm³/mol. The summed E-state index contributed by atoms with van der Waals surface area (Å²) in [5.41, 5.74) is 2.57. The molecule has 0 bridgehead atoms. The molecule has 2 aromatic rings. The second-order valence-corrected chi connectivity index (χ2v) is 4.98. The van der Waals surface area contributed by atoms with E-state index in [1.807, 2.05) is 42.5 Å². The largest absolute Gasteiger partial charge is 0.491 e. The van der Waals surface area contributed by atoms with Gasteiger partial charge in [0.15, 0.2) is 0 Å². The Bertz CT molecular complexity index is 642. The smallest absolute Gasteiger partial charge is 0.251 e. The van der Waals surface area contributed by atoms with Gasteiger partial charge in [-0.05, 0) is 23.8 Å². The molecule has 1 aliphatic rings. The number of hydrogen-bond acceptors (Lipinski definition) is 2. The van der Waals surface area contributed by atoms with E-state index in [4.69, 9.17) is 16.3 Å². The molecule has 0 saturated carbocycles. The van der Waals surface area contributed by atoms with Crippen molar-refractivity contribution in [2.75, 3.05) is 6.61 Å². The molecule has 0 saturated heterocycles. The van der Waals surface area contributed by atoms with Crippen LogP contribution in [0.15, 0.2) is 48.5 Å². The number of carbonyl (C=O) groups is 1. The van der Waals surface area contributed by atoms with Gasteiger partial charge in [0.25, 0.3) is 5.91 Å². The molecule has 0 radical (unpaired) electrons. The molecular weight excluding hydrogens is 274 g/mol. The van der Waals surface area contributed by atoms with Crippen molar-refractivity contribution in [1.82, 2.24) is 5.32 Å². The Kier molecular flexibility index (Phi) is 3.61. The molecule has 3 nitrogen and oxygen atoms in total. The van der Waals surface area contributed by atoms with Crippen molar-refractivity contribution in [2.45, 2.75) is 11.9 Å². The topological polar surface area (TPSA) is 38.3 Å². The van der Waals surface area contributed by atoms with Crippen LogP contribution in [0.25, 0.3) is 0 Å². The molecule has 4 heteroatoms. The number of fused-ring (bicyclic) bond motifs is 1. The van der Waals surface area contributed by atoms with Gasteiger partial charge < -0.3 is 10.1 Å². The van der Waals surface area contributed by atoms with Gasteiger partial charge in [0.05, 0.1) is 6.04 Å². The lowest BCUT2D eigenvalue weighted by molar-refractivity contribution is 0.0930. The molecule has 3 rings (SSSR count). The van der Waals surface area contributed by atoms with Crippen LogP contribution in [0, 0.1) is 0 Å². The molecule has 1 aliphatic heterocycles. The third kappa shape index (κ3) is 2.49. The van der Waals surface area contributed by atoms with E-state index in [2.05, 4.69) is 5.32 Å². The Labute approximate surface area is 122 Å². The molecule has 0 spiro atoms. The number of para-hydroxylation sites is 1. The van der Waals surface area contributed by atoms with E-state index in [1.54, 1.807) is 6.07 Å². The number of nitrogens with one attached hydrogen (secondary N) is 1. The lowest BCUT2D eigenvalue weighted by atomic mass is 10.1. The van der Waals surface area contributed by atoms with Gasteiger partial charge in [0.1, 0.15) is 12.4 Å². The average Bonchev–Trinajstić information content (AvgIpc) is 2.90. The highest BCUT2D eigenvalue weighted by Crippen LogP contribution is 2.31. The quantitative estimate of drug-likeness (QED) is 0.880. The van der Waals surface area contributed by atoms with E-state index in [9.17, 15) is 4.79 Å². The van der Waals surface area contributed by atoms with Gasteiger partial charge in [-0.15, -0.1) is 11.6 Å². The normalized spacial score (nSPS) is 16.4. The van der Waals surface area contributed by atoms with Crippen molar-refractivity contribution in [1.29, 1.82) is 0 Å². The van der Waals surface area contributed by atoms with Gasteiger partial charge in [-0.3, -0.25) is 4.79 Å². The van der Waals surface area contributed by atoms with Gasteiger partial charge in [0.2, 0.25) is 0 Å². The lowest BCUT2D eigenvalue weighted by Crippen LogP contribution is -2.29. The van der Waals surface area contributed by atoms with Gasteiger partial charge in [-0.25, -0.2) is 0 Å². The number of carbonyl (C=O) groups excluding carboxylic acids is 1.